The predicted octanol–water partition coefficient (Wildman–Crippen LogP) is 3.28. The van der Waals surface area contributed by atoms with Gasteiger partial charge in [-0.1, -0.05) is 43.0 Å². The van der Waals surface area contributed by atoms with Crippen molar-refractivity contribution >= 4 is 0 Å². The summed E-state index contributed by atoms with van der Waals surface area (Å²) < 4.78 is 19.2. The van der Waals surface area contributed by atoms with Crippen LogP contribution >= 0.6 is 0 Å². The third-order valence-corrected chi connectivity index (χ3v) is 3.13. The molecule has 0 aliphatic rings. The van der Waals surface area contributed by atoms with Gasteiger partial charge in [-0.15, -0.1) is 0 Å². The van der Waals surface area contributed by atoms with Gasteiger partial charge in [0.25, 0.3) is 0 Å². The lowest BCUT2D eigenvalue weighted by Crippen LogP contribution is -2.01. The fourth-order valence-electron chi connectivity index (χ4n) is 2.03. The zero-order valence-corrected chi connectivity index (χ0v) is 12.0. The number of ether oxygens (including phenoxy) is 1. The van der Waals surface area contributed by atoms with Crippen molar-refractivity contribution in [1.29, 1.82) is 0 Å². The highest BCUT2D eigenvalue weighted by Crippen LogP contribution is 2.20. The fraction of sp³-hybridized carbons (Fsp3) is 0.222. The van der Waals surface area contributed by atoms with Gasteiger partial charge in [-0.05, 0) is 30.2 Å². The highest BCUT2D eigenvalue weighted by atomic mass is 19.1. The Labute approximate surface area is 124 Å². The third-order valence-electron chi connectivity index (χ3n) is 3.13. The molecule has 0 aliphatic carbocycles. The number of para-hydroxylation sites is 1. The minimum absolute atomic E-state index is 0.246. The largest absolute Gasteiger partial charge is 0.489 e. The maximum absolute atomic E-state index is 13.3. The molecule has 0 unspecified atom stereocenters. The van der Waals surface area contributed by atoms with Gasteiger partial charge < -0.3 is 10.5 Å². The van der Waals surface area contributed by atoms with Crippen LogP contribution in [0.3, 0.4) is 0 Å². The molecule has 3 heteroatoms. The quantitative estimate of drug-likeness (QED) is 0.874. The molecule has 0 saturated carbocycles. The molecule has 0 aliphatic heterocycles. The first kappa shape index (κ1) is 15.1. The van der Waals surface area contributed by atoms with E-state index in [0.29, 0.717) is 12.2 Å². The molecule has 0 aromatic heterocycles. The predicted molar refractivity (Wildman–Crippen MR) is 82.5 cm³/mol. The second-order valence-electron chi connectivity index (χ2n) is 4.56. The first-order valence-corrected chi connectivity index (χ1v) is 6.92. The van der Waals surface area contributed by atoms with Crippen LogP contribution in [-0.2, 0) is 13.0 Å². The Hall–Kier alpha value is -2.31. The molecule has 0 heterocycles. The van der Waals surface area contributed by atoms with E-state index in [1.807, 2.05) is 24.3 Å². The summed E-state index contributed by atoms with van der Waals surface area (Å²) in [5.74, 6) is 6.17. The van der Waals surface area contributed by atoms with Gasteiger partial charge in [0.1, 0.15) is 18.2 Å². The van der Waals surface area contributed by atoms with E-state index in [4.69, 9.17) is 10.5 Å². The van der Waals surface area contributed by atoms with Crippen LogP contribution in [0.5, 0.6) is 5.75 Å². The van der Waals surface area contributed by atoms with Crippen LogP contribution in [0, 0.1) is 17.7 Å². The normalized spacial score (nSPS) is 9.86. The van der Waals surface area contributed by atoms with E-state index >= 15 is 0 Å². The Balaban J connectivity index is 2.20. The standard InChI is InChI=1S/C18H18FNO/c1-2-14-6-3-4-8-18(14)21-13-16-9-10-17(19)12-15(16)7-5-11-20/h3-4,6,8-10,12H,2,11,13,20H2,1H3. The molecule has 2 N–H and O–H groups in total. The van der Waals surface area contributed by atoms with Crippen LogP contribution in [-0.4, -0.2) is 6.54 Å². The first-order valence-electron chi connectivity index (χ1n) is 6.92. The van der Waals surface area contributed by atoms with Crippen LogP contribution < -0.4 is 10.5 Å². The monoisotopic (exact) mass is 283 g/mol. The lowest BCUT2D eigenvalue weighted by Gasteiger charge is -2.11. The number of nitrogens with two attached hydrogens (primary N) is 1. The van der Waals surface area contributed by atoms with Crippen LogP contribution in [0.2, 0.25) is 0 Å². The minimum atomic E-state index is -0.311. The highest BCUT2D eigenvalue weighted by molar-refractivity contribution is 5.42. The zero-order valence-electron chi connectivity index (χ0n) is 12.0. The lowest BCUT2D eigenvalue weighted by atomic mass is 10.1. The zero-order chi connectivity index (χ0) is 15.1. The molecule has 108 valence electrons. The molecule has 2 aromatic rings. The average Bonchev–Trinajstić information content (AvgIpc) is 2.52. The number of hydrogen-bond acceptors (Lipinski definition) is 2. The molecule has 0 atom stereocenters. The number of halogens is 1. The third kappa shape index (κ3) is 4.08. The summed E-state index contributed by atoms with van der Waals surface area (Å²) in [6.45, 7) is 2.68. The van der Waals surface area contributed by atoms with Gasteiger partial charge in [-0.3, -0.25) is 0 Å². The summed E-state index contributed by atoms with van der Waals surface area (Å²) in [5, 5.41) is 0. The van der Waals surface area contributed by atoms with Gasteiger partial charge in [0.15, 0.2) is 0 Å². The van der Waals surface area contributed by atoms with E-state index in [2.05, 4.69) is 18.8 Å². The van der Waals surface area contributed by atoms with Crippen LogP contribution in [0.4, 0.5) is 4.39 Å². The molecule has 0 bridgehead atoms. The van der Waals surface area contributed by atoms with Gasteiger partial charge >= 0.3 is 0 Å². The lowest BCUT2D eigenvalue weighted by molar-refractivity contribution is 0.302. The van der Waals surface area contributed by atoms with Gasteiger partial charge in [-0.2, -0.15) is 0 Å². The highest BCUT2D eigenvalue weighted by Gasteiger charge is 2.05. The van der Waals surface area contributed by atoms with E-state index < -0.39 is 0 Å². The average molecular weight is 283 g/mol. The van der Waals surface area contributed by atoms with Crippen LogP contribution in [0.1, 0.15) is 23.6 Å². The van der Waals surface area contributed by atoms with Crippen LogP contribution in [0.25, 0.3) is 0 Å². The molecule has 2 nitrogen and oxygen atoms in total. The fourth-order valence-corrected chi connectivity index (χ4v) is 2.03. The molecule has 2 rings (SSSR count). The topological polar surface area (TPSA) is 35.2 Å². The van der Waals surface area contributed by atoms with Crippen molar-refractivity contribution in [1.82, 2.24) is 0 Å². The number of hydrogen-bond donors (Lipinski definition) is 1. The maximum Gasteiger partial charge on any atom is 0.124 e. The Morgan fingerprint density at radius 1 is 1.14 bits per heavy atom. The van der Waals surface area contributed by atoms with Gasteiger partial charge in [0.2, 0.25) is 0 Å². The SMILES string of the molecule is CCc1ccccc1OCc1ccc(F)cc1C#CCN. The molecule has 0 fully saturated rings. The summed E-state index contributed by atoms with van der Waals surface area (Å²) in [5.41, 5.74) is 7.99. The molecule has 2 aromatic carbocycles. The minimum Gasteiger partial charge on any atom is -0.489 e. The van der Waals surface area contributed by atoms with Crippen molar-refractivity contribution in [3.63, 3.8) is 0 Å². The molecular weight excluding hydrogens is 265 g/mol. The van der Waals surface area contributed by atoms with E-state index in [9.17, 15) is 4.39 Å². The van der Waals surface area contributed by atoms with Crippen molar-refractivity contribution in [2.24, 2.45) is 5.73 Å². The van der Waals surface area contributed by atoms with Crippen molar-refractivity contribution in [2.75, 3.05) is 6.54 Å². The van der Waals surface area contributed by atoms with Crippen molar-refractivity contribution in [3.8, 4) is 17.6 Å². The summed E-state index contributed by atoms with van der Waals surface area (Å²) in [6, 6.07) is 12.4. The van der Waals surface area contributed by atoms with E-state index in [0.717, 1.165) is 23.3 Å². The van der Waals surface area contributed by atoms with Crippen molar-refractivity contribution in [3.05, 3.63) is 65.0 Å². The Morgan fingerprint density at radius 2 is 1.95 bits per heavy atom. The first-order chi connectivity index (χ1) is 10.2. The summed E-state index contributed by atoms with van der Waals surface area (Å²) >= 11 is 0. The number of aryl methyl sites for hydroxylation is 1. The molecule has 0 spiro atoms. The van der Waals surface area contributed by atoms with Gasteiger partial charge in [-0.25, -0.2) is 4.39 Å². The molecular formula is C18H18FNO. The number of rotatable bonds is 4. The summed E-state index contributed by atoms with van der Waals surface area (Å²) in [4.78, 5) is 0. The van der Waals surface area contributed by atoms with E-state index in [1.165, 1.54) is 12.1 Å². The second-order valence-corrected chi connectivity index (χ2v) is 4.56. The summed E-state index contributed by atoms with van der Waals surface area (Å²) in [7, 11) is 0. The van der Waals surface area contributed by atoms with Gasteiger partial charge in [0.05, 0.1) is 6.54 Å². The molecule has 0 radical (unpaired) electrons. The Kier molecular flexibility index (Phi) is 5.36. The summed E-state index contributed by atoms with van der Waals surface area (Å²) in [6.07, 6.45) is 0.902. The Bertz CT molecular complexity index is 670. The number of benzene rings is 2. The second kappa shape index (κ2) is 7.47. The maximum atomic E-state index is 13.3. The van der Waals surface area contributed by atoms with Gasteiger partial charge in [0, 0.05) is 11.1 Å². The van der Waals surface area contributed by atoms with E-state index in [-0.39, 0.29) is 12.4 Å². The molecule has 0 amide bonds. The van der Waals surface area contributed by atoms with Crippen molar-refractivity contribution in [2.45, 2.75) is 20.0 Å². The Morgan fingerprint density at radius 3 is 2.71 bits per heavy atom. The van der Waals surface area contributed by atoms with Crippen molar-refractivity contribution < 1.29 is 9.13 Å². The molecule has 21 heavy (non-hydrogen) atoms. The van der Waals surface area contributed by atoms with E-state index in [1.54, 1.807) is 6.07 Å². The smallest absolute Gasteiger partial charge is 0.124 e. The van der Waals surface area contributed by atoms with Crippen LogP contribution in [0.15, 0.2) is 42.5 Å². The molecule has 0 saturated heterocycles.